The van der Waals surface area contributed by atoms with Crippen molar-refractivity contribution in [1.29, 1.82) is 0 Å². The highest BCUT2D eigenvalue weighted by Crippen LogP contribution is 2.30. The number of hydrogen-bond donors (Lipinski definition) is 2. The third-order valence-corrected chi connectivity index (χ3v) is 5.86. The molecule has 37 heavy (non-hydrogen) atoms. The van der Waals surface area contributed by atoms with Crippen molar-refractivity contribution in [2.75, 3.05) is 28.6 Å². The van der Waals surface area contributed by atoms with Crippen molar-refractivity contribution in [3.05, 3.63) is 53.9 Å². The number of carbonyl (C=O) groups excluding carboxylic acids is 1. The van der Waals surface area contributed by atoms with Crippen molar-refractivity contribution in [3.63, 3.8) is 0 Å². The summed E-state index contributed by atoms with van der Waals surface area (Å²) >= 11 is 0. The number of alkyl halides is 3. The molecule has 2 aromatic carbocycles. The molecule has 0 unspecified atom stereocenters. The number of benzene rings is 2. The Hall–Kier alpha value is -4.09. The maximum absolute atomic E-state index is 12.3. The maximum atomic E-state index is 12.3. The number of halogens is 3. The molecule has 12 heteroatoms. The van der Waals surface area contributed by atoms with E-state index in [9.17, 15) is 18.0 Å². The van der Waals surface area contributed by atoms with E-state index in [0.717, 1.165) is 22.5 Å². The molecule has 2 heterocycles. The van der Waals surface area contributed by atoms with Gasteiger partial charge in [-0.05, 0) is 55.3 Å². The van der Waals surface area contributed by atoms with Crippen molar-refractivity contribution in [2.24, 2.45) is 0 Å². The van der Waals surface area contributed by atoms with Gasteiger partial charge in [0.15, 0.2) is 0 Å². The molecule has 196 valence electrons. The Morgan fingerprint density at radius 2 is 1.70 bits per heavy atom. The summed E-state index contributed by atoms with van der Waals surface area (Å²) in [6, 6.07) is 9.19. The minimum absolute atomic E-state index is 0.0903. The molecule has 4 rings (SSSR count). The van der Waals surface area contributed by atoms with Crippen LogP contribution in [0.3, 0.4) is 0 Å². The lowest BCUT2D eigenvalue weighted by molar-refractivity contribution is -0.274. The molecule has 1 amide bonds. The predicted molar refractivity (Wildman–Crippen MR) is 132 cm³/mol. The van der Waals surface area contributed by atoms with Crippen LogP contribution < -0.4 is 25.0 Å². The second kappa shape index (κ2) is 10.9. The lowest BCUT2D eigenvalue weighted by Crippen LogP contribution is -2.39. The zero-order valence-corrected chi connectivity index (χ0v) is 20.6. The van der Waals surface area contributed by atoms with Crippen molar-refractivity contribution in [1.82, 2.24) is 15.0 Å². The van der Waals surface area contributed by atoms with Gasteiger partial charge in [0.25, 0.3) is 0 Å². The van der Waals surface area contributed by atoms with Crippen LogP contribution >= 0.6 is 0 Å². The molecule has 0 aliphatic carbocycles. The lowest BCUT2D eigenvalue weighted by Gasteiger charge is -2.32. The molecule has 9 nitrogen and oxygen atoms in total. The highest BCUT2D eigenvalue weighted by atomic mass is 19.4. The summed E-state index contributed by atoms with van der Waals surface area (Å²) in [4.78, 5) is 26.7. The minimum Gasteiger partial charge on any atom is -0.490 e. The Morgan fingerprint density at radius 1 is 1.03 bits per heavy atom. The molecule has 1 aliphatic heterocycles. The standard InChI is InChI=1S/C25H27F3N6O3/c1-15-4-9-21(16(2)22(15)31-17(3)35)32-23-29-14-30-24(33-23)34-12-10-19(11-13-34)36-18-5-7-20(8-6-18)37-25(26,27)28/h4-9,14,19H,10-13H2,1-3H3,(H,31,35)(H,29,30,32,33). The summed E-state index contributed by atoms with van der Waals surface area (Å²) < 4.78 is 46.8. The number of nitrogens with zero attached hydrogens (tertiary/aromatic N) is 4. The molecule has 1 fully saturated rings. The SMILES string of the molecule is CC(=O)Nc1c(C)ccc(Nc2ncnc(N3CCC(Oc4ccc(OC(F)(F)F)cc4)CC3)n2)c1C. The average molecular weight is 517 g/mol. The Kier molecular flexibility index (Phi) is 7.65. The fraction of sp³-hybridized carbons (Fsp3) is 0.360. The molecule has 1 saturated heterocycles. The monoisotopic (exact) mass is 516 g/mol. The predicted octanol–water partition coefficient (Wildman–Crippen LogP) is 5.14. The Balaban J connectivity index is 1.35. The van der Waals surface area contributed by atoms with Crippen LogP contribution in [0.5, 0.6) is 11.5 Å². The molecule has 0 atom stereocenters. The summed E-state index contributed by atoms with van der Waals surface area (Å²) in [5.41, 5.74) is 3.33. The summed E-state index contributed by atoms with van der Waals surface area (Å²) in [5, 5.41) is 6.07. The van der Waals surface area contributed by atoms with Gasteiger partial charge < -0.3 is 25.0 Å². The topological polar surface area (TPSA) is 102 Å². The number of nitrogens with one attached hydrogen (secondary N) is 2. The molecule has 0 spiro atoms. The van der Waals surface area contributed by atoms with Crippen LogP contribution in [0.25, 0.3) is 0 Å². The largest absolute Gasteiger partial charge is 0.573 e. The molecule has 1 aromatic heterocycles. The van der Waals surface area contributed by atoms with Crippen molar-refractivity contribution >= 4 is 29.2 Å². The number of ether oxygens (including phenoxy) is 2. The van der Waals surface area contributed by atoms with Gasteiger partial charge in [-0.15, -0.1) is 13.2 Å². The number of amides is 1. The molecule has 0 radical (unpaired) electrons. The van der Waals surface area contributed by atoms with E-state index >= 15 is 0 Å². The smallest absolute Gasteiger partial charge is 0.490 e. The molecule has 3 aromatic rings. The normalized spacial score (nSPS) is 14.3. The van der Waals surface area contributed by atoms with Crippen LogP contribution in [0.1, 0.15) is 30.9 Å². The number of carbonyl (C=O) groups is 1. The van der Waals surface area contributed by atoms with Gasteiger partial charge in [0.2, 0.25) is 17.8 Å². The Morgan fingerprint density at radius 3 is 2.35 bits per heavy atom. The second-order valence-electron chi connectivity index (χ2n) is 8.67. The van der Waals surface area contributed by atoms with Crippen LogP contribution in [0.15, 0.2) is 42.7 Å². The number of aryl methyl sites for hydroxylation is 1. The van der Waals surface area contributed by atoms with E-state index in [1.54, 1.807) is 0 Å². The van der Waals surface area contributed by atoms with E-state index in [1.165, 1.54) is 37.5 Å². The number of piperidine rings is 1. The van der Waals surface area contributed by atoms with Gasteiger partial charge in [-0.1, -0.05) is 6.07 Å². The maximum Gasteiger partial charge on any atom is 0.573 e. The van der Waals surface area contributed by atoms with E-state index < -0.39 is 6.36 Å². The molecule has 0 bridgehead atoms. The number of aromatic nitrogens is 3. The fourth-order valence-corrected chi connectivity index (χ4v) is 4.06. The molecular formula is C25H27F3N6O3. The highest BCUT2D eigenvalue weighted by Gasteiger charge is 2.31. The summed E-state index contributed by atoms with van der Waals surface area (Å²) in [7, 11) is 0. The summed E-state index contributed by atoms with van der Waals surface area (Å²) in [6.07, 6.45) is -2.00. The number of hydrogen-bond acceptors (Lipinski definition) is 8. The van der Waals surface area contributed by atoms with Gasteiger partial charge >= 0.3 is 6.36 Å². The zero-order valence-electron chi connectivity index (χ0n) is 20.6. The zero-order chi connectivity index (χ0) is 26.6. The quantitative estimate of drug-likeness (QED) is 0.445. The van der Waals surface area contributed by atoms with E-state index in [4.69, 9.17) is 4.74 Å². The van der Waals surface area contributed by atoms with Crippen molar-refractivity contribution in [2.45, 2.75) is 46.1 Å². The highest BCUT2D eigenvalue weighted by molar-refractivity contribution is 5.92. The van der Waals surface area contributed by atoms with Gasteiger partial charge in [0, 0.05) is 44.2 Å². The van der Waals surface area contributed by atoms with Gasteiger partial charge in [0.05, 0.1) is 0 Å². The first-order chi connectivity index (χ1) is 17.6. The fourth-order valence-electron chi connectivity index (χ4n) is 4.06. The summed E-state index contributed by atoms with van der Waals surface area (Å²) in [5.74, 6) is 0.945. The van der Waals surface area contributed by atoms with Gasteiger partial charge in [0.1, 0.15) is 23.9 Å². The van der Waals surface area contributed by atoms with Crippen LogP contribution in [-0.2, 0) is 4.79 Å². The van der Waals surface area contributed by atoms with Crippen molar-refractivity contribution in [3.8, 4) is 11.5 Å². The first-order valence-electron chi connectivity index (χ1n) is 11.7. The van der Waals surface area contributed by atoms with E-state index in [0.29, 0.717) is 43.6 Å². The number of anilines is 4. The van der Waals surface area contributed by atoms with E-state index in [2.05, 4.69) is 30.3 Å². The van der Waals surface area contributed by atoms with Crippen LogP contribution in [0, 0.1) is 13.8 Å². The third-order valence-electron chi connectivity index (χ3n) is 5.86. The molecule has 1 aliphatic rings. The van der Waals surface area contributed by atoms with E-state index in [1.807, 2.05) is 30.9 Å². The van der Waals surface area contributed by atoms with Crippen LogP contribution in [-0.4, -0.2) is 46.4 Å². The van der Waals surface area contributed by atoms with Crippen molar-refractivity contribution < 1.29 is 27.4 Å². The molecule has 0 saturated carbocycles. The number of rotatable bonds is 7. The van der Waals surface area contributed by atoms with Crippen LogP contribution in [0.4, 0.5) is 36.4 Å². The third kappa shape index (κ3) is 6.99. The molecule has 2 N–H and O–H groups in total. The average Bonchev–Trinajstić information content (AvgIpc) is 2.84. The molecular weight excluding hydrogens is 489 g/mol. The Labute approximate surface area is 212 Å². The van der Waals surface area contributed by atoms with E-state index in [-0.39, 0.29) is 17.8 Å². The Bertz CT molecular complexity index is 1250. The lowest BCUT2D eigenvalue weighted by atomic mass is 10.1. The van der Waals surface area contributed by atoms with Gasteiger partial charge in [-0.25, -0.2) is 9.97 Å². The minimum atomic E-state index is -4.73. The second-order valence-corrected chi connectivity index (χ2v) is 8.67. The van der Waals surface area contributed by atoms with Gasteiger partial charge in [-0.3, -0.25) is 4.79 Å². The van der Waals surface area contributed by atoms with Gasteiger partial charge in [-0.2, -0.15) is 4.98 Å². The summed E-state index contributed by atoms with van der Waals surface area (Å²) in [6.45, 7) is 6.58. The first kappa shape index (κ1) is 26.0. The van der Waals surface area contributed by atoms with Crippen LogP contribution in [0.2, 0.25) is 0 Å². The first-order valence-corrected chi connectivity index (χ1v) is 11.7.